The molecule has 2 aromatic carbocycles. The van der Waals surface area contributed by atoms with Gasteiger partial charge in [0.2, 0.25) is 15.9 Å². The van der Waals surface area contributed by atoms with Gasteiger partial charge in [-0.1, -0.05) is 24.3 Å². The van der Waals surface area contributed by atoms with Crippen molar-refractivity contribution in [3.05, 3.63) is 60.4 Å². The van der Waals surface area contributed by atoms with Crippen LogP contribution in [0.4, 0.5) is 0 Å². The number of para-hydroxylation sites is 2. The van der Waals surface area contributed by atoms with Crippen molar-refractivity contribution in [3.63, 3.8) is 0 Å². The first-order valence-electron chi connectivity index (χ1n) is 9.35. The van der Waals surface area contributed by atoms with Crippen LogP contribution in [0.15, 0.2) is 59.8 Å². The van der Waals surface area contributed by atoms with E-state index in [9.17, 15) is 13.2 Å². The lowest BCUT2D eigenvalue weighted by molar-refractivity contribution is -0.117. The molecule has 0 radical (unpaired) electrons. The molecule has 1 N–H and O–H groups in total. The SMILES string of the molecule is O=C(CCc1ccc(S(=O)(=O)N2CCCC2)cc1)Nn1cnc2ccccc21. The van der Waals surface area contributed by atoms with E-state index < -0.39 is 10.0 Å². The largest absolute Gasteiger partial charge is 0.273 e. The summed E-state index contributed by atoms with van der Waals surface area (Å²) in [6, 6.07) is 14.4. The summed E-state index contributed by atoms with van der Waals surface area (Å²) in [5.41, 5.74) is 5.40. The topological polar surface area (TPSA) is 84.3 Å². The standard InChI is InChI=1S/C20H22N4O3S/c25-20(22-24-15-21-18-5-1-2-6-19(18)24)12-9-16-7-10-17(11-8-16)28(26,27)23-13-3-4-14-23/h1-2,5-8,10-11,15H,3-4,9,12-14H2,(H,22,25). The Morgan fingerprint density at radius 2 is 1.75 bits per heavy atom. The average molecular weight is 398 g/mol. The Morgan fingerprint density at radius 3 is 2.50 bits per heavy atom. The van der Waals surface area contributed by atoms with E-state index in [2.05, 4.69) is 10.4 Å². The third kappa shape index (κ3) is 3.79. The highest BCUT2D eigenvalue weighted by molar-refractivity contribution is 7.89. The van der Waals surface area contributed by atoms with Crippen LogP contribution in [0.3, 0.4) is 0 Å². The lowest BCUT2D eigenvalue weighted by Crippen LogP contribution is -2.27. The number of hydrogen-bond acceptors (Lipinski definition) is 4. The fraction of sp³-hybridized carbons (Fsp3) is 0.300. The summed E-state index contributed by atoms with van der Waals surface area (Å²) in [6.45, 7) is 1.18. The van der Waals surface area contributed by atoms with Crippen molar-refractivity contribution in [2.24, 2.45) is 0 Å². The van der Waals surface area contributed by atoms with Gasteiger partial charge in [0.25, 0.3) is 0 Å². The van der Waals surface area contributed by atoms with Crippen LogP contribution in [-0.4, -0.2) is 41.4 Å². The highest BCUT2D eigenvalue weighted by Crippen LogP contribution is 2.21. The maximum absolute atomic E-state index is 12.5. The Bertz CT molecular complexity index is 1080. The van der Waals surface area contributed by atoms with Gasteiger partial charge in [-0.2, -0.15) is 4.31 Å². The van der Waals surface area contributed by atoms with Crippen LogP contribution in [0.2, 0.25) is 0 Å². The molecule has 0 unspecified atom stereocenters. The molecule has 7 nitrogen and oxygen atoms in total. The zero-order chi connectivity index (χ0) is 19.6. The van der Waals surface area contributed by atoms with E-state index in [-0.39, 0.29) is 5.91 Å². The third-order valence-corrected chi connectivity index (χ3v) is 6.88. The number of hydrogen-bond donors (Lipinski definition) is 1. The van der Waals surface area contributed by atoms with Gasteiger partial charge in [-0.25, -0.2) is 18.1 Å². The first-order chi connectivity index (χ1) is 13.5. The van der Waals surface area contributed by atoms with Crippen molar-refractivity contribution in [3.8, 4) is 0 Å². The Balaban J connectivity index is 1.36. The molecule has 146 valence electrons. The first kappa shape index (κ1) is 18.6. The van der Waals surface area contributed by atoms with Gasteiger partial charge in [-0.15, -0.1) is 0 Å². The van der Waals surface area contributed by atoms with Gasteiger partial charge in [0.1, 0.15) is 6.33 Å². The lowest BCUT2D eigenvalue weighted by Gasteiger charge is -2.15. The zero-order valence-corrected chi connectivity index (χ0v) is 16.2. The molecule has 3 aromatic rings. The van der Waals surface area contributed by atoms with Gasteiger partial charge in [-0.3, -0.25) is 10.2 Å². The summed E-state index contributed by atoms with van der Waals surface area (Å²) >= 11 is 0. The minimum absolute atomic E-state index is 0.128. The van der Waals surface area contributed by atoms with Gasteiger partial charge in [0.05, 0.1) is 15.9 Å². The Hall–Kier alpha value is -2.71. The molecule has 2 heterocycles. The molecule has 0 bridgehead atoms. The molecule has 1 aromatic heterocycles. The molecule has 0 spiro atoms. The number of benzene rings is 2. The third-order valence-electron chi connectivity index (χ3n) is 4.97. The summed E-state index contributed by atoms with van der Waals surface area (Å²) < 4.78 is 28.2. The molecule has 1 aliphatic heterocycles. The summed E-state index contributed by atoms with van der Waals surface area (Å²) in [7, 11) is -3.40. The van der Waals surface area contributed by atoms with E-state index in [4.69, 9.17) is 0 Å². The van der Waals surface area contributed by atoms with E-state index in [1.54, 1.807) is 35.3 Å². The molecular formula is C20H22N4O3S. The molecule has 4 rings (SSSR count). The second kappa shape index (κ2) is 7.73. The number of aromatic nitrogens is 2. The van der Waals surface area contributed by atoms with Crippen LogP contribution in [-0.2, 0) is 21.2 Å². The number of nitrogens with one attached hydrogen (secondary N) is 1. The first-order valence-corrected chi connectivity index (χ1v) is 10.8. The van der Waals surface area contributed by atoms with Crippen LogP contribution in [0.5, 0.6) is 0 Å². The van der Waals surface area contributed by atoms with Crippen molar-refractivity contribution < 1.29 is 13.2 Å². The molecule has 1 aliphatic rings. The maximum atomic E-state index is 12.5. The quantitative estimate of drug-likeness (QED) is 0.692. The van der Waals surface area contributed by atoms with Gasteiger partial charge >= 0.3 is 0 Å². The summed E-state index contributed by atoms with van der Waals surface area (Å²) in [5, 5.41) is 0. The Kier molecular flexibility index (Phi) is 5.15. The van der Waals surface area contributed by atoms with E-state index >= 15 is 0 Å². The van der Waals surface area contributed by atoms with Gasteiger partial charge in [-0.05, 0) is 49.1 Å². The molecular weight excluding hydrogens is 376 g/mol. The van der Waals surface area contributed by atoms with Crippen LogP contribution in [0, 0.1) is 0 Å². The highest BCUT2D eigenvalue weighted by atomic mass is 32.2. The predicted molar refractivity (Wildman–Crippen MR) is 107 cm³/mol. The number of sulfonamides is 1. The number of imidazole rings is 1. The maximum Gasteiger partial charge on any atom is 0.243 e. The predicted octanol–water partition coefficient (Wildman–Crippen LogP) is 2.52. The fourth-order valence-electron chi connectivity index (χ4n) is 3.40. The summed E-state index contributed by atoms with van der Waals surface area (Å²) in [4.78, 5) is 16.8. The van der Waals surface area contributed by atoms with E-state index in [1.165, 1.54) is 4.31 Å². The second-order valence-corrected chi connectivity index (χ2v) is 8.83. The number of nitrogens with zero attached hydrogens (tertiary/aromatic N) is 3. The van der Waals surface area contributed by atoms with E-state index in [0.717, 1.165) is 29.4 Å². The number of carbonyl (C=O) groups is 1. The average Bonchev–Trinajstić information content (AvgIpc) is 3.38. The Morgan fingerprint density at radius 1 is 1.04 bits per heavy atom. The van der Waals surface area contributed by atoms with Crippen LogP contribution < -0.4 is 5.43 Å². The minimum Gasteiger partial charge on any atom is -0.273 e. The van der Waals surface area contributed by atoms with Crippen molar-refractivity contribution >= 4 is 27.0 Å². The summed E-state index contributed by atoms with van der Waals surface area (Å²) in [6.07, 6.45) is 4.24. The zero-order valence-electron chi connectivity index (χ0n) is 15.4. The van der Waals surface area contributed by atoms with E-state index in [1.807, 2.05) is 24.3 Å². The van der Waals surface area contributed by atoms with Crippen LogP contribution >= 0.6 is 0 Å². The fourth-order valence-corrected chi connectivity index (χ4v) is 4.92. The molecule has 0 saturated carbocycles. The van der Waals surface area contributed by atoms with Crippen molar-refractivity contribution in [1.29, 1.82) is 0 Å². The molecule has 1 amide bonds. The molecule has 8 heteroatoms. The van der Waals surface area contributed by atoms with Crippen molar-refractivity contribution in [1.82, 2.24) is 14.0 Å². The van der Waals surface area contributed by atoms with Gasteiger partial charge in [0.15, 0.2) is 0 Å². The molecule has 1 saturated heterocycles. The monoisotopic (exact) mass is 398 g/mol. The van der Waals surface area contributed by atoms with Crippen molar-refractivity contribution in [2.45, 2.75) is 30.6 Å². The summed E-state index contributed by atoms with van der Waals surface area (Å²) in [5.74, 6) is -0.128. The molecule has 28 heavy (non-hydrogen) atoms. The Labute approximate surface area is 164 Å². The van der Waals surface area contributed by atoms with Crippen LogP contribution in [0.1, 0.15) is 24.8 Å². The van der Waals surface area contributed by atoms with Crippen LogP contribution in [0.25, 0.3) is 11.0 Å². The van der Waals surface area contributed by atoms with Gasteiger partial charge < -0.3 is 0 Å². The molecule has 0 atom stereocenters. The minimum atomic E-state index is -3.40. The highest BCUT2D eigenvalue weighted by Gasteiger charge is 2.26. The number of amides is 1. The molecule has 1 fully saturated rings. The number of rotatable bonds is 6. The van der Waals surface area contributed by atoms with Crippen molar-refractivity contribution in [2.75, 3.05) is 18.5 Å². The van der Waals surface area contributed by atoms with E-state index in [0.29, 0.717) is 30.8 Å². The molecule has 0 aliphatic carbocycles. The number of fused-ring (bicyclic) bond motifs is 1. The smallest absolute Gasteiger partial charge is 0.243 e. The normalized spacial score (nSPS) is 15.1. The number of carbonyl (C=O) groups excluding carboxylic acids is 1. The second-order valence-electron chi connectivity index (χ2n) is 6.89. The number of aryl methyl sites for hydroxylation is 1. The van der Waals surface area contributed by atoms with Gasteiger partial charge in [0, 0.05) is 19.5 Å². The lowest BCUT2D eigenvalue weighted by atomic mass is 10.1.